The number of aromatic nitrogens is 1. The highest BCUT2D eigenvalue weighted by Gasteiger charge is 2.34. The van der Waals surface area contributed by atoms with Gasteiger partial charge < -0.3 is 9.67 Å². The predicted molar refractivity (Wildman–Crippen MR) is 85.6 cm³/mol. The molecule has 0 saturated heterocycles. The second-order valence-corrected chi connectivity index (χ2v) is 6.79. The molecule has 0 saturated carbocycles. The molecule has 112 valence electrons. The molecule has 0 amide bonds. The molecule has 2 aliphatic rings. The van der Waals surface area contributed by atoms with E-state index in [1.54, 1.807) is 5.56 Å². The molecule has 4 rings (SSSR count). The van der Waals surface area contributed by atoms with Crippen LogP contribution in [0.2, 0.25) is 0 Å². The first-order valence-corrected chi connectivity index (χ1v) is 8.19. The van der Waals surface area contributed by atoms with E-state index in [0.29, 0.717) is 6.04 Å². The average Bonchev–Trinajstić information content (AvgIpc) is 2.77. The van der Waals surface area contributed by atoms with E-state index in [1.807, 2.05) is 6.92 Å². The maximum absolute atomic E-state index is 9.78. The van der Waals surface area contributed by atoms with Gasteiger partial charge in [0.25, 0.3) is 0 Å². The van der Waals surface area contributed by atoms with E-state index >= 15 is 0 Å². The van der Waals surface area contributed by atoms with Gasteiger partial charge in [-0.3, -0.25) is 4.90 Å². The average molecular weight is 284 g/mol. The van der Waals surface area contributed by atoms with Crippen LogP contribution in [0.5, 0.6) is 0 Å². The number of aliphatic hydroxyl groups is 1. The van der Waals surface area contributed by atoms with E-state index in [9.17, 15) is 5.11 Å². The Hall–Kier alpha value is -1.32. The molecule has 21 heavy (non-hydrogen) atoms. The molecular weight excluding hydrogens is 260 g/mol. The number of nitrogens with zero attached hydrogens (tertiary/aromatic N) is 2. The Morgan fingerprint density at radius 3 is 3.00 bits per heavy atom. The van der Waals surface area contributed by atoms with E-state index in [4.69, 9.17) is 0 Å². The molecule has 2 atom stereocenters. The molecule has 1 aromatic carbocycles. The summed E-state index contributed by atoms with van der Waals surface area (Å²) >= 11 is 0. The lowest BCUT2D eigenvalue weighted by molar-refractivity contribution is 0.0731. The molecule has 0 bridgehead atoms. The van der Waals surface area contributed by atoms with Gasteiger partial charge in [-0.15, -0.1) is 0 Å². The minimum atomic E-state index is -0.242. The third-order valence-corrected chi connectivity index (χ3v) is 5.14. The van der Waals surface area contributed by atoms with Crippen LogP contribution in [-0.2, 0) is 13.0 Å². The van der Waals surface area contributed by atoms with Crippen molar-refractivity contribution in [2.75, 3.05) is 13.1 Å². The molecule has 3 heteroatoms. The summed E-state index contributed by atoms with van der Waals surface area (Å²) in [4.78, 5) is 2.49. The topological polar surface area (TPSA) is 28.4 Å². The second kappa shape index (κ2) is 4.85. The quantitative estimate of drug-likeness (QED) is 0.918. The number of benzene rings is 1. The van der Waals surface area contributed by atoms with Crippen LogP contribution >= 0.6 is 0 Å². The lowest BCUT2D eigenvalue weighted by Crippen LogP contribution is -2.42. The molecule has 3 nitrogen and oxygen atoms in total. The van der Waals surface area contributed by atoms with Crippen molar-refractivity contribution in [1.29, 1.82) is 0 Å². The van der Waals surface area contributed by atoms with Crippen molar-refractivity contribution in [3.05, 3.63) is 35.0 Å². The molecule has 1 aliphatic carbocycles. The first kappa shape index (κ1) is 13.4. The van der Waals surface area contributed by atoms with Gasteiger partial charge in [0.1, 0.15) is 0 Å². The Balaban J connectivity index is 1.88. The summed E-state index contributed by atoms with van der Waals surface area (Å²) in [5, 5.41) is 11.2. The van der Waals surface area contributed by atoms with Crippen molar-refractivity contribution < 1.29 is 5.11 Å². The summed E-state index contributed by atoms with van der Waals surface area (Å²) in [5.41, 5.74) is 5.87. The zero-order chi connectivity index (χ0) is 14.6. The fraction of sp³-hybridized carbons (Fsp3) is 0.556. The highest BCUT2D eigenvalue weighted by atomic mass is 16.3. The summed E-state index contributed by atoms with van der Waals surface area (Å²) in [6.07, 6.45) is 3.46. The third kappa shape index (κ3) is 2.02. The molecule has 1 N–H and O–H groups in total. The molecule has 1 aliphatic heterocycles. The highest BCUT2D eigenvalue weighted by molar-refractivity contribution is 5.87. The summed E-state index contributed by atoms with van der Waals surface area (Å²) in [6.45, 7) is 6.99. The Bertz CT molecular complexity index is 686. The van der Waals surface area contributed by atoms with Crippen LogP contribution in [0, 0.1) is 6.92 Å². The van der Waals surface area contributed by atoms with Gasteiger partial charge in [0.2, 0.25) is 0 Å². The van der Waals surface area contributed by atoms with Crippen molar-refractivity contribution in [3.63, 3.8) is 0 Å². The molecule has 1 aromatic heterocycles. The van der Waals surface area contributed by atoms with Crippen molar-refractivity contribution in [3.8, 4) is 0 Å². The molecule has 0 radical (unpaired) electrons. The smallest absolute Gasteiger partial charge is 0.0639 e. The van der Waals surface area contributed by atoms with Gasteiger partial charge in [-0.05, 0) is 50.8 Å². The van der Waals surface area contributed by atoms with Gasteiger partial charge in [-0.2, -0.15) is 0 Å². The first-order valence-electron chi connectivity index (χ1n) is 8.19. The maximum atomic E-state index is 9.78. The number of hydrogen-bond donors (Lipinski definition) is 1. The maximum Gasteiger partial charge on any atom is 0.0639 e. The van der Waals surface area contributed by atoms with Crippen molar-refractivity contribution in [2.45, 2.75) is 51.8 Å². The van der Waals surface area contributed by atoms with E-state index in [1.165, 1.54) is 41.4 Å². The SMILES string of the molecule is Cc1ccc2c(c1)c1c3n2CCN(C[C@H](C)O)[C@H]3CCC1. The monoisotopic (exact) mass is 284 g/mol. The van der Waals surface area contributed by atoms with Crippen LogP contribution in [-0.4, -0.2) is 33.8 Å². The predicted octanol–water partition coefficient (Wildman–Crippen LogP) is 3.02. The van der Waals surface area contributed by atoms with Gasteiger partial charge in [0, 0.05) is 36.2 Å². The standard InChI is InChI=1S/C18H24N2O/c1-12-6-7-16-15(10-12)14-4-3-5-17-18(14)20(16)9-8-19(17)11-13(2)21/h6-7,10,13,17,21H,3-5,8-9,11H2,1-2H3/t13-,17-/m0/s1. The first-order chi connectivity index (χ1) is 10.1. The summed E-state index contributed by atoms with van der Waals surface area (Å²) in [6, 6.07) is 7.39. The van der Waals surface area contributed by atoms with Gasteiger partial charge in [0.05, 0.1) is 12.1 Å². The zero-order valence-electron chi connectivity index (χ0n) is 13.0. The summed E-state index contributed by atoms with van der Waals surface area (Å²) < 4.78 is 2.55. The number of rotatable bonds is 2. The fourth-order valence-corrected chi connectivity index (χ4v) is 4.35. The van der Waals surface area contributed by atoms with Gasteiger partial charge in [-0.25, -0.2) is 0 Å². The van der Waals surface area contributed by atoms with E-state index in [0.717, 1.165) is 19.6 Å². The summed E-state index contributed by atoms with van der Waals surface area (Å²) in [7, 11) is 0. The molecule has 2 aromatic rings. The largest absolute Gasteiger partial charge is 0.392 e. The Kier molecular flexibility index (Phi) is 3.09. The van der Waals surface area contributed by atoms with E-state index < -0.39 is 0 Å². The number of aryl methyl sites for hydroxylation is 2. The van der Waals surface area contributed by atoms with Gasteiger partial charge in [0.15, 0.2) is 0 Å². The minimum Gasteiger partial charge on any atom is -0.392 e. The lowest BCUT2D eigenvalue weighted by Gasteiger charge is -2.40. The Morgan fingerprint density at radius 2 is 2.19 bits per heavy atom. The van der Waals surface area contributed by atoms with Gasteiger partial charge in [-0.1, -0.05) is 11.6 Å². The van der Waals surface area contributed by atoms with E-state index in [-0.39, 0.29) is 6.10 Å². The molecule has 0 spiro atoms. The molecule has 2 heterocycles. The fourth-order valence-electron chi connectivity index (χ4n) is 4.35. The number of aliphatic hydroxyl groups excluding tert-OH is 1. The zero-order valence-corrected chi connectivity index (χ0v) is 13.0. The van der Waals surface area contributed by atoms with Crippen molar-refractivity contribution in [1.82, 2.24) is 9.47 Å². The number of hydrogen-bond acceptors (Lipinski definition) is 2. The van der Waals surface area contributed by atoms with Crippen LogP contribution in [0.1, 0.15) is 42.6 Å². The third-order valence-electron chi connectivity index (χ3n) is 5.14. The molecule has 0 unspecified atom stereocenters. The normalized spacial score (nSPS) is 23.3. The minimum absolute atomic E-state index is 0.242. The Morgan fingerprint density at radius 1 is 1.33 bits per heavy atom. The van der Waals surface area contributed by atoms with E-state index in [2.05, 4.69) is 34.6 Å². The van der Waals surface area contributed by atoms with Crippen LogP contribution in [0.25, 0.3) is 10.9 Å². The van der Waals surface area contributed by atoms with Gasteiger partial charge >= 0.3 is 0 Å². The van der Waals surface area contributed by atoms with Crippen molar-refractivity contribution >= 4 is 10.9 Å². The Labute approximate surface area is 126 Å². The number of fused-ring (bicyclic) bond motifs is 3. The van der Waals surface area contributed by atoms with Crippen LogP contribution in [0.3, 0.4) is 0 Å². The van der Waals surface area contributed by atoms with Crippen LogP contribution in [0.15, 0.2) is 18.2 Å². The summed E-state index contributed by atoms with van der Waals surface area (Å²) in [5.74, 6) is 0. The second-order valence-electron chi connectivity index (χ2n) is 6.79. The highest BCUT2D eigenvalue weighted by Crippen LogP contribution is 2.42. The van der Waals surface area contributed by atoms with Crippen LogP contribution in [0.4, 0.5) is 0 Å². The number of β-amino-alcohol motifs (C(OH)–C–C–N with tert-alkyl or cyclic N) is 1. The molecular formula is C18H24N2O. The van der Waals surface area contributed by atoms with Crippen LogP contribution < -0.4 is 0 Å². The lowest BCUT2D eigenvalue weighted by atomic mass is 9.89. The van der Waals surface area contributed by atoms with Crippen molar-refractivity contribution in [2.24, 2.45) is 0 Å². The molecule has 0 fully saturated rings.